The Hall–Kier alpha value is -2.53. The number of primary amides is 1. The number of nitrogens with two attached hydrogens (primary N) is 1. The first kappa shape index (κ1) is 23.7. The van der Waals surface area contributed by atoms with E-state index in [1.807, 2.05) is 26.0 Å². The second kappa shape index (κ2) is 9.52. The number of nitrogens with zero attached hydrogens (tertiary/aromatic N) is 2. The Balaban J connectivity index is 0.00000155. The van der Waals surface area contributed by atoms with Crippen molar-refractivity contribution in [2.24, 2.45) is 5.73 Å². The van der Waals surface area contributed by atoms with E-state index in [9.17, 15) is 13.6 Å². The van der Waals surface area contributed by atoms with Gasteiger partial charge in [0.15, 0.2) is 0 Å². The minimum absolute atomic E-state index is 0.252. The minimum Gasteiger partial charge on any atom is -0.497 e. The van der Waals surface area contributed by atoms with Crippen LogP contribution >= 0.6 is 9.24 Å². The molecule has 0 spiro atoms. The number of carbonyl (C=O) groups excluding carboxylic acids is 1. The average Bonchev–Trinajstić information content (AvgIpc) is 3.13. The lowest BCUT2D eigenvalue weighted by Gasteiger charge is -2.20. The number of halogens is 2. The van der Waals surface area contributed by atoms with Crippen LogP contribution in [0.1, 0.15) is 44.5 Å². The van der Waals surface area contributed by atoms with Gasteiger partial charge in [-0.25, -0.2) is 4.68 Å². The van der Waals surface area contributed by atoms with Crippen LogP contribution in [0, 0.1) is 0 Å². The highest BCUT2D eigenvalue weighted by atomic mass is 31.0. The number of ether oxygens (including phenoxy) is 1. The molecule has 1 unspecified atom stereocenters. The fraction of sp³-hybridized carbons (Fsp3) is 0.364. The molecule has 0 aliphatic heterocycles. The largest absolute Gasteiger partial charge is 0.497 e. The van der Waals surface area contributed by atoms with Gasteiger partial charge in [-0.05, 0) is 56.5 Å². The molecule has 1 atom stereocenters. The van der Waals surface area contributed by atoms with Gasteiger partial charge in [-0.15, -0.1) is 0 Å². The van der Waals surface area contributed by atoms with Crippen molar-refractivity contribution in [3.8, 4) is 17.0 Å². The van der Waals surface area contributed by atoms with E-state index in [2.05, 4.69) is 5.10 Å². The topological polar surface area (TPSA) is 70.1 Å². The summed E-state index contributed by atoms with van der Waals surface area (Å²) in [5, 5.41) is 4.23. The van der Waals surface area contributed by atoms with E-state index < -0.39 is 11.6 Å². The van der Waals surface area contributed by atoms with E-state index in [0.717, 1.165) is 16.9 Å². The maximum absolute atomic E-state index is 14.2. The smallest absolute Gasteiger partial charge is 0.302 e. The van der Waals surface area contributed by atoms with Crippen molar-refractivity contribution in [2.45, 2.75) is 46.2 Å². The van der Waals surface area contributed by atoms with Gasteiger partial charge in [-0.1, -0.05) is 29.2 Å². The number of benzene rings is 1. The molecule has 30 heavy (non-hydrogen) atoms. The van der Waals surface area contributed by atoms with Crippen molar-refractivity contribution in [1.82, 2.24) is 9.78 Å². The van der Waals surface area contributed by atoms with E-state index in [1.165, 1.54) is 4.68 Å². The third-order valence-corrected chi connectivity index (χ3v) is 5.08. The molecular formula is C22H28F2N3O2P. The number of rotatable bonds is 5. The van der Waals surface area contributed by atoms with Crippen molar-refractivity contribution < 1.29 is 18.3 Å². The van der Waals surface area contributed by atoms with Crippen molar-refractivity contribution in [2.75, 3.05) is 7.11 Å². The highest BCUT2D eigenvalue weighted by molar-refractivity contribution is 7.17. The molecule has 1 aliphatic carbocycles. The highest BCUT2D eigenvalue weighted by Crippen LogP contribution is 2.44. The first-order valence-electron chi connectivity index (χ1n) is 9.75. The van der Waals surface area contributed by atoms with Gasteiger partial charge >= 0.3 is 5.66 Å². The molecule has 1 heterocycles. The molecule has 8 heteroatoms. The van der Waals surface area contributed by atoms with Crippen LogP contribution in [0.15, 0.2) is 35.9 Å². The van der Waals surface area contributed by atoms with Crippen molar-refractivity contribution in [1.29, 1.82) is 0 Å². The predicted octanol–water partition coefficient (Wildman–Crippen LogP) is 4.90. The predicted molar refractivity (Wildman–Crippen MR) is 119 cm³/mol. The van der Waals surface area contributed by atoms with Gasteiger partial charge in [0.2, 0.25) is 5.91 Å². The van der Waals surface area contributed by atoms with Crippen LogP contribution in [-0.4, -0.2) is 22.8 Å². The summed E-state index contributed by atoms with van der Waals surface area (Å²) in [6, 6.07) is 5.59. The lowest BCUT2D eigenvalue weighted by atomic mass is 9.88. The molecule has 5 nitrogen and oxygen atoms in total. The lowest BCUT2D eigenvalue weighted by Crippen LogP contribution is -2.11. The second-order valence-electron chi connectivity index (χ2n) is 6.76. The van der Waals surface area contributed by atoms with Crippen molar-refractivity contribution in [3.05, 3.63) is 52.7 Å². The molecule has 162 valence electrons. The normalized spacial score (nSPS) is 13.7. The summed E-state index contributed by atoms with van der Waals surface area (Å²) >= 11 is 0. The van der Waals surface area contributed by atoms with Gasteiger partial charge in [0.25, 0.3) is 0 Å². The zero-order chi connectivity index (χ0) is 22.6. The molecular weight excluding hydrogens is 407 g/mol. The highest BCUT2D eigenvalue weighted by Gasteiger charge is 2.36. The Morgan fingerprint density at radius 2 is 1.93 bits per heavy atom. The van der Waals surface area contributed by atoms with Crippen molar-refractivity contribution >= 4 is 20.8 Å². The van der Waals surface area contributed by atoms with Crippen LogP contribution in [0.5, 0.6) is 5.75 Å². The summed E-state index contributed by atoms with van der Waals surface area (Å²) in [4.78, 5) is 11.2. The van der Waals surface area contributed by atoms with E-state index in [1.54, 1.807) is 48.4 Å². The first-order chi connectivity index (χ1) is 14.1. The van der Waals surface area contributed by atoms with E-state index in [4.69, 9.17) is 10.5 Å². The lowest BCUT2D eigenvalue weighted by molar-refractivity contribution is -0.114. The summed E-state index contributed by atoms with van der Waals surface area (Å²) in [7, 11) is 3.16. The SMILES string of the molecule is CC.COc1ccc2c(c1)CCc1c(C(F)(F)P)nn(/C(C)=C/C=C(\C)C(N)=O)c1-2. The summed E-state index contributed by atoms with van der Waals surface area (Å²) in [5.74, 6) is 0.179. The molecule has 0 radical (unpaired) electrons. The molecule has 0 saturated carbocycles. The molecule has 1 aliphatic rings. The Labute approximate surface area is 178 Å². The number of aryl methyl sites for hydroxylation is 1. The van der Waals surface area contributed by atoms with Crippen LogP contribution < -0.4 is 10.5 Å². The van der Waals surface area contributed by atoms with Crippen LogP contribution in [-0.2, 0) is 23.3 Å². The van der Waals surface area contributed by atoms with Gasteiger partial charge in [0.1, 0.15) is 11.4 Å². The molecule has 0 bridgehead atoms. The maximum Gasteiger partial charge on any atom is 0.302 e. The summed E-state index contributed by atoms with van der Waals surface area (Å²) < 4.78 is 35.2. The third kappa shape index (κ3) is 4.78. The fourth-order valence-corrected chi connectivity index (χ4v) is 3.51. The van der Waals surface area contributed by atoms with Crippen LogP contribution in [0.3, 0.4) is 0 Å². The second-order valence-corrected chi connectivity index (χ2v) is 7.48. The average molecular weight is 435 g/mol. The molecule has 3 rings (SSSR count). The number of carbonyl (C=O) groups is 1. The number of methoxy groups -OCH3 is 1. The fourth-order valence-electron chi connectivity index (χ4n) is 3.28. The number of allylic oxidation sites excluding steroid dienone is 3. The van der Waals surface area contributed by atoms with Gasteiger partial charge < -0.3 is 10.5 Å². The molecule has 1 aromatic heterocycles. The molecule has 1 amide bonds. The van der Waals surface area contributed by atoms with Crippen molar-refractivity contribution in [3.63, 3.8) is 0 Å². The third-order valence-electron chi connectivity index (χ3n) is 4.81. The summed E-state index contributed by atoms with van der Waals surface area (Å²) in [6.45, 7) is 7.34. The van der Waals surface area contributed by atoms with Crippen LogP contribution in [0.4, 0.5) is 8.78 Å². The molecule has 0 fully saturated rings. The Morgan fingerprint density at radius 3 is 2.50 bits per heavy atom. The number of hydrogen-bond acceptors (Lipinski definition) is 3. The van der Waals surface area contributed by atoms with E-state index in [-0.39, 0.29) is 5.69 Å². The molecule has 2 N–H and O–H groups in total. The van der Waals surface area contributed by atoms with E-state index in [0.29, 0.717) is 35.4 Å². The van der Waals surface area contributed by atoms with E-state index >= 15 is 0 Å². The number of amides is 1. The van der Waals surface area contributed by atoms with Gasteiger partial charge in [0, 0.05) is 22.4 Å². The zero-order valence-electron chi connectivity index (χ0n) is 17.9. The molecule has 0 saturated heterocycles. The number of hydrogen-bond donors (Lipinski definition) is 1. The molecule has 1 aromatic carbocycles. The number of aromatic nitrogens is 2. The standard InChI is InChI=1S/C20H22F2N3O2P.C2H6/c1-11(19(23)26)4-5-12(2)25-17-15-9-7-14(27-3)10-13(15)6-8-16(17)18(24-25)20(21,22)28;1-2/h4-5,7,9-10H,6,8,28H2,1-3H3,(H2,23,26);1-2H3/b11-4+,12-5+;. The Bertz CT molecular complexity index is 1000. The minimum atomic E-state index is -3.14. The van der Waals surface area contributed by atoms with Gasteiger partial charge in [-0.2, -0.15) is 13.9 Å². The zero-order valence-corrected chi connectivity index (χ0v) is 19.1. The van der Waals surface area contributed by atoms with Crippen LogP contribution in [0.25, 0.3) is 17.0 Å². The van der Waals surface area contributed by atoms with Gasteiger partial charge in [0.05, 0.1) is 12.8 Å². The van der Waals surface area contributed by atoms with Gasteiger partial charge in [-0.3, -0.25) is 4.79 Å². The maximum atomic E-state index is 14.2. The summed E-state index contributed by atoms with van der Waals surface area (Å²) in [5.41, 5.74) is 5.85. The quantitative estimate of drug-likeness (QED) is 0.413. The van der Waals surface area contributed by atoms with Crippen LogP contribution in [0.2, 0.25) is 0 Å². The Kier molecular flexibility index (Phi) is 7.54. The number of fused-ring (bicyclic) bond motifs is 3. The summed E-state index contributed by atoms with van der Waals surface area (Å²) in [6.07, 6.45) is 4.29. The monoisotopic (exact) mass is 435 g/mol. The molecule has 2 aromatic rings. The number of alkyl halides is 2. The first-order valence-corrected chi connectivity index (χ1v) is 10.3. The Morgan fingerprint density at radius 1 is 1.27 bits per heavy atom.